The molecule has 0 aliphatic heterocycles. The van der Waals surface area contributed by atoms with Gasteiger partial charge in [-0.15, -0.1) is 0 Å². The third kappa shape index (κ3) is 2.78. The largest absolute Gasteiger partial charge is 0.300 e. The van der Waals surface area contributed by atoms with Crippen LogP contribution in [0.4, 0.5) is 4.39 Å². The summed E-state index contributed by atoms with van der Waals surface area (Å²) in [5.41, 5.74) is 0.756. The second-order valence-electron chi connectivity index (χ2n) is 2.67. The maximum atomic E-state index is 12.4. The molecule has 3 heteroatoms. The summed E-state index contributed by atoms with van der Waals surface area (Å²) >= 11 is 0. The second-order valence-corrected chi connectivity index (χ2v) is 2.67. The van der Waals surface area contributed by atoms with Crippen molar-refractivity contribution in [3.8, 4) is 0 Å². The fourth-order valence-electron chi connectivity index (χ4n) is 0.858. The molecule has 0 aromatic carbocycles. The molecule has 0 fully saturated rings. The Bertz CT molecular complexity index is 268. The van der Waals surface area contributed by atoms with Gasteiger partial charge in [-0.05, 0) is 25.5 Å². The molecule has 1 aromatic heterocycles. The third-order valence-corrected chi connectivity index (χ3v) is 1.52. The number of halogens is 1. The predicted molar refractivity (Wildman–Crippen MR) is 43.2 cm³/mol. The van der Waals surface area contributed by atoms with E-state index in [4.69, 9.17) is 0 Å². The molecule has 2 nitrogen and oxygen atoms in total. The number of carbonyl (C=O) groups excluding carboxylic acids is 1. The molecule has 0 saturated carbocycles. The molecule has 1 aromatic rings. The van der Waals surface area contributed by atoms with Crippen molar-refractivity contribution >= 4 is 5.78 Å². The Labute approximate surface area is 70.4 Å². The standard InChI is InChI=1S/C9H10FNO/c1-7(12)2-4-9-5-3-8(10)6-11-9/h3,5-6H,2,4H2,1H3. The van der Waals surface area contributed by atoms with Gasteiger partial charge in [0.05, 0.1) is 6.20 Å². The van der Waals surface area contributed by atoms with E-state index in [1.807, 2.05) is 0 Å². The van der Waals surface area contributed by atoms with E-state index >= 15 is 0 Å². The van der Waals surface area contributed by atoms with Crippen LogP contribution in [0.5, 0.6) is 0 Å². The lowest BCUT2D eigenvalue weighted by Crippen LogP contribution is -1.96. The highest BCUT2D eigenvalue weighted by Crippen LogP contribution is 2.01. The lowest BCUT2D eigenvalue weighted by Gasteiger charge is -1.96. The summed E-state index contributed by atoms with van der Waals surface area (Å²) in [6.45, 7) is 1.53. The Hall–Kier alpha value is -1.25. The second kappa shape index (κ2) is 3.95. The summed E-state index contributed by atoms with van der Waals surface area (Å²) in [6, 6.07) is 2.95. The molecule has 0 aliphatic rings. The van der Waals surface area contributed by atoms with E-state index < -0.39 is 0 Å². The zero-order chi connectivity index (χ0) is 8.97. The van der Waals surface area contributed by atoms with Gasteiger partial charge in [0.1, 0.15) is 11.6 Å². The number of hydrogen-bond donors (Lipinski definition) is 0. The number of aryl methyl sites for hydroxylation is 1. The Morgan fingerprint density at radius 3 is 2.83 bits per heavy atom. The van der Waals surface area contributed by atoms with Crippen LogP contribution in [0.2, 0.25) is 0 Å². The first-order chi connectivity index (χ1) is 5.68. The van der Waals surface area contributed by atoms with Crippen LogP contribution in [-0.2, 0) is 11.2 Å². The minimum atomic E-state index is -0.346. The summed E-state index contributed by atoms with van der Waals surface area (Å²) in [6.07, 6.45) is 2.23. The number of hydrogen-bond acceptors (Lipinski definition) is 2. The van der Waals surface area contributed by atoms with Crippen LogP contribution >= 0.6 is 0 Å². The van der Waals surface area contributed by atoms with E-state index in [-0.39, 0.29) is 11.6 Å². The van der Waals surface area contributed by atoms with Crippen LogP contribution < -0.4 is 0 Å². The normalized spacial score (nSPS) is 9.83. The molecule has 0 unspecified atom stereocenters. The number of carbonyl (C=O) groups is 1. The summed E-state index contributed by atoms with van der Waals surface area (Å²) in [5.74, 6) is -0.220. The van der Waals surface area contributed by atoms with Gasteiger partial charge < -0.3 is 4.79 Å². The van der Waals surface area contributed by atoms with E-state index in [0.29, 0.717) is 12.8 Å². The van der Waals surface area contributed by atoms with Crippen LogP contribution in [0.25, 0.3) is 0 Å². The zero-order valence-electron chi connectivity index (χ0n) is 6.88. The van der Waals surface area contributed by atoms with Crippen LogP contribution in [0, 0.1) is 5.82 Å². The lowest BCUT2D eigenvalue weighted by molar-refractivity contribution is -0.116. The number of Topliss-reactive ketones (excluding diaryl/α,β-unsaturated/α-hetero) is 1. The molecular weight excluding hydrogens is 157 g/mol. The van der Waals surface area contributed by atoms with Crippen LogP contribution in [0.15, 0.2) is 18.3 Å². The first kappa shape index (κ1) is 8.84. The van der Waals surface area contributed by atoms with E-state index in [1.54, 1.807) is 6.07 Å². The fourth-order valence-corrected chi connectivity index (χ4v) is 0.858. The van der Waals surface area contributed by atoms with Gasteiger partial charge in [-0.2, -0.15) is 0 Å². The fraction of sp³-hybridized carbons (Fsp3) is 0.333. The Balaban J connectivity index is 2.53. The minimum Gasteiger partial charge on any atom is -0.300 e. The first-order valence-corrected chi connectivity index (χ1v) is 3.78. The quantitative estimate of drug-likeness (QED) is 0.686. The maximum absolute atomic E-state index is 12.4. The number of nitrogens with zero attached hydrogens (tertiary/aromatic N) is 1. The number of aromatic nitrogens is 1. The zero-order valence-corrected chi connectivity index (χ0v) is 6.88. The summed E-state index contributed by atoms with van der Waals surface area (Å²) in [5, 5.41) is 0. The number of ketones is 1. The molecule has 1 rings (SSSR count). The predicted octanol–water partition coefficient (Wildman–Crippen LogP) is 1.74. The number of pyridine rings is 1. The molecule has 64 valence electrons. The van der Waals surface area contributed by atoms with Crippen molar-refractivity contribution < 1.29 is 9.18 Å². The highest BCUT2D eigenvalue weighted by Gasteiger charge is 1.97. The molecule has 12 heavy (non-hydrogen) atoms. The molecule has 0 bridgehead atoms. The van der Waals surface area contributed by atoms with Crippen LogP contribution in [0.3, 0.4) is 0 Å². The maximum Gasteiger partial charge on any atom is 0.141 e. The van der Waals surface area contributed by atoms with Gasteiger partial charge >= 0.3 is 0 Å². The van der Waals surface area contributed by atoms with Crippen molar-refractivity contribution in [2.75, 3.05) is 0 Å². The highest BCUT2D eigenvalue weighted by molar-refractivity contribution is 5.75. The molecule has 0 spiro atoms. The van der Waals surface area contributed by atoms with Gasteiger partial charge in [0.15, 0.2) is 0 Å². The summed E-state index contributed by atoms with van der Waals surface area (Å²) in [7, 11) is 0. The van der Waals surface area contributed by atoms with E-state index in [2.05, 4.69) is 4.98 Å². The van der Waals surface area contributed by atoms with Gasteiger partial charge in [-0.3, -0.25) is 4.98 Å². The monoisotopic (exact) mass is 167 g/mol. The van der Waals surface area contributed by atoms with Crippen molar-refractivity contribution in [3.63, 3.8) is 0 Å². The highest BCUT2D eigenvalue weighted by atomic mass is 19.1. The van der Waals surface area contributed by atoms with Crippen molar-refractivity contribution in [2.45, 2.75) is 19.8 Å². The SMILES string of the molecule is CC(=O)CCc1ccc(F)cn1. The summed E-state index contributed by atoms with van der Waals surface area (Å²) < 4.78 is 12.4. The molecule has 0 N–H and O–H groups in total. The van der Waals surface area contributed by atoms with Gasteiger partial charge in [-0.25, -0.2) is 4.39 Å². The molecule has 0 saturated heterocycles. The van der Waals surface area contributed by atoms with Gasteiger partial charge in [-0.1, -0.05) is 0 Å². The van der Waals surface area contributed by atoms with E-state index in [1.165, 1.54) is 13.0 Å². The van der Waals surface area contributed by atoms with Crippen LogP contribution in [0.1, 0.15) is 19.0 Å². The number of rotatable bonds is 3. The molecule has 0 radical (unpaired) electrons. The third-order valence-electron chi connectivity index (χ3n) is 1.52. The average molecular weight is 167 g/mol. The van der Waals surface area contributed by atoms with Gasteiger partial charge in [0, 0.05) is 12.1 Å². The lowest BCUT2D eigenvalue weighted by atomic mass is 10.2. The van der Waals surface area contributed by atoms with E-state index in [9.17, 15) is 9.18 Å². The average Bonchev–Trinajstić information content (AvgIpc) is 2.03. The van der Waals surface area contributed by atoms with Gasteiger partial charge in [0.25, 0.3) is 0 Å². The van der Waals surface area contributed by atoms with Crippen molar-refractivity contribution in [2.24, 2.45) is 0 Å². The molecule has 1 heterocycles. The van der Waals surface area contributed by atoms with E-state index in [0.717, 1.165) is 11.9 Å². The topological polar surface area (TPSA) is 30.0 Å². The molecule has 0 aliphatic carbocycles. The van der Waals surface area contributed by atoms with Crippen LogP contribution in [-0.4, -0.2) is 10.8 Å². The molecular formula is C9H10FNO. The smallest absolute Gasteiger partial charge is 0.141 e. The Morgan fingerprint density at radius 1 is 1.58 bits per heavy atom. The van der Waals surface area contributed by atoms with Crippen molar-refractivity contribution in [3.05, 3.63) is 29.8 Å². The summed E-state index contributed by atoms with van der Waals surface area (Å²) in [4.78, 5) is 14.4. The van der Waals surface area contributed by atoms with Gasteiger partial charge in [0.2, 0.25) is 0 Å². The minimum absolute atomic E-state index is 0.126. The Kier molecular flexibility index (Phi) is 2.91. The Morgan fingerprint density at radius 2 is 2.33 bits per heavy atom. The molecule has 0 amide bonds. The first-order valence-electron chi connectivity index (χ1n) is 3.78. The van der Waals surface area contributed by atoms with Crippen molar-refractivity contribution in [1.82, 2.24) is 4.98 Å². The molecule has 0 atom stereocenters. The van der Waals surface area contributed by atoms with Crippen molar-refractivity contribution in [1.29, 1.82) is 0 Å².